The summed E-state index contributed by atoms with van der Waals surface area (Å²) < 4.78 is 3.24. The van der Waals surface area contributed by atoms with Gasteiger partial charge < -0.3 is 15.5 Å². The van der Waals surface area contributed by atoms with Crippen LogP contribution in [0.4, 0.5) is 17.3 Å². The van der Waals surface area contributed by atoms with Crippen molar-refractivity contribution in [2.45, 2.75) is 32.5 Å². The van der Waals surface area contributed by atoms with Gasteiger partial charge in [0.15, 0.2) is 11.5 Å². The van der Waals surface area contributed by atoms with Crippen molar-refractivity contribution in [2.75, 3.05) is 23.3 Å². The number of piperazine rings is 1. The molecule has 11 heteroatoms. The molecule has 0 radical (unpaired) electrons. The van der Waals surface area contributed by atoms with Crippen LogP contribution in [0.5, 0.6) is 0 Å². The molecule has 11 nitrogen and oxygen atoms in total. The van der Waals surface area contributed by atoms with Crippen molar-refractivity contribution in [3.63, 3.8) is 0 Å². The van der Waals surface area contributed by atoms with Crippen LogP contribution in [0, 0.1) is 0 Å². The first-order valence-electron chi connectivity index (χ1n) is 13.2. The predicted octanol–water partition coefficient (Wildman–Crippen LogP) is 3.55. The van der Waals surface area contributed by atoms with E-state index in [4.69, 9.17) is 9.97 Å². The molecule has 0 aliphatic carbocycles. The largest absolute Gasteiger partial charge is 0.368 e. The fraction of sp³-hybridized carbons (Fsp3) is 0.241. The minimum absolute atomic E-state index is 0.225. The third-order valence-electron chi connectivity index (χ3n) is 6.81. The monoisotopic (exact) mass is 534 g/mol. The van der Waals surface area contributed by atoms with Crippen LogP contribution in [-0.4, -0.2) is 59.7 Å². The van der Waals surface area contributed by atoms with Gasteiger partial charge in [-0.15, -0.1) is 11.7 Å². The number of allylic oxidation sites excluding steroid dienone is 1. The first-order chi connectivity index (χ1) is 19.5. The molecule has 2 atom stereocenters. The molecule has 4 aromatic heterocycles. The van der Waals surface area contributed by atoms with Gasteiger partial charge in [-0.1, -0.05) is 12.1 Å². The second-order valence-corrected chi connectivity index (χ2v) is 9.95. The van der Waals surface area contributed by atoms with Crippen molar-refractivity contribution in [3.8, 4) is 17.2 Å². The molecule has 0 bridgehead atoms. The Morgan fingerprint density at radius 3 is 2.52 bits per heavy atom. The maximum Gasteiger partial charge on any atom is 0.278 e. The fourth-order valence-electron chi connectivity index (χ4n) is 5.15. The topological polar surface area (TPSA) is 119 Å². The van der Waals surface area contributed by atoms with Crippen LogP contribution in [0.1, 0.15) is 13.8 Å². The average Bonchev–Trinajstić information content (AvgIpc) is 3.24. The Morgan fingerprint density at radius 1 is 1.02 bits per heavy atom. The molecular weight excluding hydrogens is 504 g/mol. The Labute approximate surface area is 231 Å². The number of hydrogen-bond acceptors (Lipinski definition) is 9. The Morgan fingerprint density at radius 2 is 1.80 bits per heavy atom. The van der Waals surface area contributed by atoms with E-state index in [2.05, 4.69) is 63.3 Å². The highest BCUT2D eigenvalue weighted by molar-refractivity contribution is 5.77. The maximum absolute atomic E-state index is 13.3. The van der Waals surface area contributed by atoms with Crippen molar-refractivity contribution in [2.24, 2.45) is 0 Å². The summed E-state index contributed by atoms with van der Waals surface area (Å²) in [5.41, 5.74) is 3.49. The number of anilines is 3. The zero-order valence-electron chi connectivity index (χ0n) is 22.4. The highest BCUT2D eigenvalue weighted by atomic mass is 16.1. The number of hydrogen-bond donors (Lipinski definition) is 2. The predicted molar refractivity (Wildman–Crippen MR) is 156 cm³/mol. The second-order valence-electron chi connectivity index (χ2n) is 9.95. The molecule has 2 N–H and O–H groups in total. The molecule has 0 spiro atoms. The maximum atomic E-state index is 13.3. The van der Waals surface area contributed by atoms with Crippen LogP contribution in [0.15, 0.2) is 84.4 Å². The van der Waals surface area contributed by atoms with Crippen molar-refractivity contribution in [3.05, 3.63) is 90.0 Å². The molecule has 1 aliphatic rings. The fourth-order valence-corrected chi connectivity index (χ4v) is 5.15. The van der Waals surface area contributed by atoms with E-state index in [1.54, 1.807) is 33.9 Å². The van der Waals surface area contributed by atoms with Gasteiger partial charge in [0.2, 0.25) is 5.95 Å². The van der Waals surface area contributed by atoms with Crippen LogP contribution in [-0.2, 0) is 6.54 Å². The van der Waals surface area contributed by atoms with Gasteiger partial charge >= 0.3 is 0 Å². The van der Waals surface area contributed by atoms with E-state index in [0.717, 1.165) is 18.8 Å². The van der Waals surface area contributed by atoms with Crippen molar-refractivity contribution < 1.29 is 0 Å². The number of aromatic nitrogens is 7. The van der Waals surface area contributed by atoms with Gasteiger partial charge in [0.25, 0.3) is 5.56 Å². The summed E-state index contributed by atoms with van der Waals surface area (Å²) in [7, 11) is 0. The van der Waals surface area contributed by atoms with E-state index in [1.807, 2.05) is 36.4 Å². The third-order valence-corrected chi connectivity index (χ3v) is 6.81. The molecule has 1 aliphatic heterocycles. The molecule has 0 unspecified atom stereocenters. The van der Waals surface area contributed by atoms with E-state index in [1.165, 1.54) is 5.69 Å². The molecule has 1 saturated heterocycles. The van der Waals surface area contributed by atoms with Crippen molar-refractivity contribution in [1.29, 1.82) is 0 Å². The van der Waals surface area contributed by atoms with Gasteiger partial charge in [-0.3, -0.25) is 4.79 Å². The summed E-state index contributed by atoms with van der Waals surface area (Å²) in [4.78, 5) is 29.7. The van der Waals surface area contributed by atoms with Gasteiger partial charge in [0.05, 0.1) is 12.2 Å². The summed E-state index contributed by atoms with van der Waals surface area (Å²) in [5, 5.41) is 15.4. The summed E-state index contributed by atoms with van der Waals surface area (Å²) in [6.07, 6.45) is 4.82. The van der Waals surface area contributed by atoms with E-state index in [-0.39, 0.29) is 12.1 Å². The Kier molecular flexibility index (Phi) is 6.79. The Hall–Kier alpha value is -4.90. The van der Waals surface area contributed by atoms with Crippen LogP contribution in [0.2, 0.25) is 0 Å². The van der Waals surface area contributed by atoms with Crippen LogP contribution < -0.4 is 21.1 Å². The number of nitrogens with zero attached hydrogens (tertiary/aromatic N) is 8. The summed E-state index contributed by atoms with van der Waals surface area (Å²) in [5.74, 6) is 0.893. The molecule has 5 aromatic rings. The average molecular weight is 535 g/mol. The van der Waals surface area contributed by atoms with E-state index >= 15 is 0 Å². The molecule has 202 valence electrons. The molecule has 5 heterocycles. The number of benzene rings is 1. The lowest BCUT2D eigenvalue weighted by molar-refractivity contribution is 0.407. The summed E-state index contributed by atoms with van der Waals surface area (Å²) >= 11 is 0. The molecule has 0 amide bonds. The zero-order valence-corrected chi connectivity index (χ0v) is 22.4. The quantitative estimate of drug-likeness (QED) is 0.302. The third kappa shape index (κ3) is 4.94. The van der Waals surface area contributed by atoms with Gasteiger partial charge in [0.1, 0.15) is 11.1 Å². The summed E-state index contributed by atoms with van der Waals surface area (Å²) in [6.45, 7) is 10.4. The molecular formula is C29H30N10O. The van der Waals surface area contributed by atoms with Crippen molar-refractivity contribution in [1.82, 2.24) is 39.8 Å². The lowest BCUT2D eigenvalue weighted by Crippen LogP contribution is -2.54. The number of nitrogens with one attached hydrogen (secondary N) is 2. The SMILES string of the molecule is C=CCn1c(=O)c2cnc(Nc3ccc(N4C[C@@H](C)N[C@@H](C)C4)cc3)nc2n1-c1cccc(-c2cccnn2)n1. The number of fused-ring (bicyclic) bond motifs is 1. The first kappa shape index (κ1) is 25.4. The van der Waals surface area contributed by atoms with E-state index < -0.39 is 0 Å². The Balaban J connectivity index is 1.35. The van der Waals surface area contributed by atoms with E-state index in [0.29, 0.717) is 46.3 Å². The minimum atomic E-state index is -0.225. The minimum Gasteiger partial charge on any atom is -0.368 e. The van der Waals surface area contributed by atoms with Crippen LogP contribution in [0.25, 0.3) is 28.2 Å². The normalized spacial score (nSPS) is 17.2. The first-order valence-corrected chi connectivity index (χ1v) is 13.2. The lowest BCUT2D eigenvalue weighted by atomic mass is 10.1. The second kappa shape index (κ2) is 10.7. The van der Waals surface area contributed by atoms with Crippen molar-refractivity contribution >= 4 is 28.4 Å². The molecule has 6 rings (SSSR count). The van der Waals surface area contributed by atoms with Gasteiger partial charge in [0, 0.05) is 48.9 Å². The molecule has 40 heavy (non-hydrogen) atoms. The van der Waals surface area contributed by atoms with Gasteiger partial charge in [-0.05, 0) is 62.4 Å². The number of pyridine rings is 1. The van der Waals surface area contributed by atoms with Gasteiger partial charge in [-0.25, -0.2) is 19.3 Å². The van der Waals surface area contributed by atoms with Gasteiger partial charge in [-0.2, -0.15) is 10.1 Å². The Bertz CT molecular complexity index is 1700. The standard InChI is InChI=1S/C29H30N10O/c1-4-15-38-28(40)23-16-30-29(33-21-10-12-22(13-11-21)37-17-19(2)32-20(3)18-37)35-27(23)39(38)26-9-5-7-24(34-26)25-8-6-14-31-36-25/h4-14,16,19-20,32H,1,15,17-18H2,2-3H3,(H,30,33,35)/t19-,20+. The molecule has 0 saturated carbocycles. The summed E-state index contributed by atoms with van der Waals surface area (Å²) in [6, 6.07) is 18.3. The highest BCUT2D eigenvalue weighted by Gasteiger charge is 2.21. The van der Waals surface area contributed by atoms with Crippen LogP contribution in [0.3, 0.4) is 0 Å². The molecule has 1 aromatic carbocycles. The smallest absolute Gasteiger partial charge is 0.278 e. The number of rotatable bonds is 7. The zero-order chi connectivity index (χ0) is 27.6. The van der Waals surface area contributed by atoms with Crippen LogP contribution >= 0.6 is 0 Å². The molecule has 1 fully saturated rings. The lowest BCUT2D eigenvalue weighted by Gasteiger charge is -2.37. The van der Waals surface area contributed by atoms with E-state index in [9.17, 15) is 4.79 Å². The highest BCUT2D eigenvalue weighted by Crippen LogP contribution is 2.23.